The summed E-state index contributed by atoms with van der Waals surface area (Å²) in [6, 6.07) is 3.66. The molecule has 4 rings (SSSR count). The first-order valence-electron chi connectivity index (χ1n) is 8.70. The number of carbonyl (C=O) groups excluding carboxylic acids is 1. The van der Waals surface area contributed by atoms with E-state index in [0.717, 1.165) is 18.4 Å². The SMILES string of the molecule is COc1ccc2c(c1O)[C@]13CCC[C@H](C2)[C@]1(O)[C@H](O)CC(=O)[C@@H]3C. The van der Waals surface area contributed by atoms with E-state index < -0.39 is 23.0 Å². The van der Waals surface area contributed by atoms with Crippen LogP contribution in [-0.2, 0) is 16.6 Å². The fourth-order valence-corrected chi connectivity index (χ4v) is 5.85. The molecule has 5 heteroatoms. The molecule has 2 bridgehead atoms. The lowest BCUT2D eigenvalue weighted by Gasteiger charge is -2.64. The average molecular weight is 332 g/mol. The zero-order valence-corrected chi connectivity index (χ0v) is 14.1. The Labute approximate surface area is 141 Å². The van der Waals surface area contributed by atoms with Gasteiger partial charge in [0, 0.05) is 23.3 Å². The molecular weight excluding hydrogens is 308 g/mol. The first-order chi connectivity index (χ1) is 11.4. The topological polar surface area (TPSA) is 87.0 Å². The van der Waals surface area contributed by atoms with E-state index in [9.17, 15) is 20.1 Å². The monoisotopic (exact) mass is 332 g/mol. The smallest absolute Gasteiger partial charge is 0.161 e. The van der Waals surface area contributed by atoms with E-state index in [1.165, 1.54) is 7.11 Å². The van der Waals surface area contributed by atoms with Crippen molar-refractivity contribution in [3.05, 3.63) is 23.3 Å². The Bertz CT molecular complexity index is 714. The molecule has 5 atom stereocenters. The number of ketones is 1. The van der Waals surface area contributed by atoms with Crippen molar-refractivity contribution in [1.82, 2.24) is 0 Å². The predicted molar refractivity (Wildman–Crippen MR) is 87.1 cm³/mol. The minimum Gasteiger partial charge on any atom is -0.504 e. The number of carbonyl (C=O) groups is 1. The number of hydrogen-bond donors (Lipinski definition) is 3. The molecule has 1 aromatic rings. The molecule has 0 aromatic heterocycles. The highest BCUT2D eigenvalue weighted by atomic mass is 16.5. The van der Waals surface area contributed by atoms with Gasteiger partial charge in [0.1, 0.15) is 11.4 Å². The normalized spacial score (nSPS) is 40.7. The molecular formula is C19H24O5. The summed E-state index contributed by atoms with van der Waals surface area (Å²) in [7, 11) is 1.49. The van der Waals surface area contributed by atoms with Crippen molar-refractivity contribution in [2.75, 3.05) is 7.11 Å². The summed E-state index contributed by atoms with van der Waals surface area (Å²) in [6.45, 7) is 1.83. The van der Waals surface area contributed by atoms with Gasteiger partial charge in [0.25, 0.3) is 0 Å². The number of ether oxygens (including phenoxy) is 1. The maximum atomic E-state index is 12.6. The second kappa shape index (κ2) is 4.96. The van der Waals surface area contributed by atoms with Gasteiger partial charge in [0.05, 0.1) is 13.2 Å². The molecule has 0 saturated heterocycles. The van der Waals surface area contributed by atoms with Crippen LogP contribution in [0.15, 0.2) is 12.1 Å². The van der Waals surface area contributed by atoms with Gasteiger partial charge in [-0.3, -0.25) is 4.79 Å². The van der Waals surface area contributed by atoms with Crippen molar-refractivity contribution >= 4 is 5.78 Å². The Morgan fingerprint density at radius 3 is 2.75 bits per heavy atom. The Morgan fingerprint density at radius 2 is 2.04 bits per heavy atom. The number of benzene rings is 1. The van der Waals surface area contributed by atoms with Crippen LogP contribution in [0.25, 0.3) is 0 Å². The maximum absolute atomic E-state index is 12.6. The van der Waals surface area contributed by atoms with Crippen LogP contribution in [0.1, 0.15) is 43.7 Å². The number of methoxy groups -OCH3 is 1. The zero-order valence-electron chi connectivity index (χ0n) is 14.1. The van der Waals surface area contributed by atoms with E-state index in [1.807, 2.05) is 13.0 Å². The van der Waals surface area contributed by atoms with E-state index in [0.29, 0.717) is 24.2 Å². The standard InChI is InChI=1S/C19H24O5/c1-10-13(20)9-15(21)19(23)12-4-3-7-18(10,19)16-11(8-12)5-6-14(24-2)17(16)22/h5-6,10,12,15,21-23H,3-4,7-9H2,1-2H3/t10-,12+,15+,18+,19-/m0/s1. The van der Waals surface area contributed by atoms with Gasteiger partial charge in [-0.1, -0.05) is 19.4 Å². The zero-order chi connectivity index (χ0) is 17.3. The molecule has 0 amide bonds. The number of Topliss-reactive ketones (excluding diaryl/α,β-unsaturated/α-hetero) is 1. The van der Waals surface area contributed by atoms with Crippen molar-refractivity contribution in [2.45, 2.75) is 56.1 Å². The highest BCUT2D eigenvalue weighted by Gasteiger charge is 2.70. The lowest BCUT2D eigenvalue weighted by atomic mass is 9.42. The van der Waals surface area contributed by atoms with Crippen LogP contribution in [0.4, 0.5) is 0 Å². The van der Waals surface area contributed by atoms with Crippen molar-refractivity contribution in [3.63, 3.8) is 0 Å². The first-order valence-corrected chi connectivity index (χ1v) is 8.70. The number of hydrogen-bond acceptors (Lipinski definition) is 5. The fourth-order valence-electron chi connectivity index (χ4n) is 5.85. The molecule has 1 aromatic carbocycles. The molecule has 0 unspecified atom stereocenters. The summed E-state index contributed by atoms with van der Waals surface area (Å²) < 4.78 is 5.27. The summed E-state index contributed by atoms with van der Waals surface area (Å²) in [5, 5.41) is 33.3. The van der Waals surface area contributed by atoms with E-state index in [1.54, 1.807) is 6.07 Å². The maximum Gasteiger partial charge on any atom is 0.161 e. The highest BCUT2D eigenvalue weighted by molar-refractivity contribution is 5.86. The van der Waals surface area contributed by atoms with Crippen LogP contribution in [0.5, 0.6) is 11.5 Å². The van der Waals surface area contributed by atoms with E-state index >= 15 is 0 Å². The largest absolute Gasteiger partial charge is 0.504 e. The third-order valence-electron chi connectivity index (χ3n) is 6.94. The Morgan fingerprint density at radius 1 is 1.29 bits per heavy atom. The molecule has 3 aliphatic rings. The van der Waals surface area contributed by atoms with Gasteiger partial charge < -0.3 is 20.1 Å². The second-order valence-electron chi connectivity index (χ2n) is 7.65. The lowest BCUT2D eigenvalue weighted by Crippen LogP contribution is -2.73. The summed E-state index contributed by atoms with van der Waals surface area (Å²) in [5.41, 5.74) is -0.761. The van der Waals surface area contributed by atoms with E-state index in [2.05, 4.69) is 0 Å². The lowest BCUT2D eigenvalue weighted by molar-refractivity contribution is -0.219. The third-order valence-corrected chi connectivity index (χ3v) is 6.94. The van der Waals surface area contributed by atoms with Crippen molar-refractivity contribution < 1.29 is 24.9 Å². The minimum absolute atomic E-state index is 0.00234. The summed E-state index contributed by atoms with van der Waals surface area (Å²) >= 11 is 0. The van der Waals surface area contributed by atoms with Gasteiger partial charge in [-0.05, 0) is 36.8 Å². The van der Waals surface area contributed by atoms with Crippen LogP contribution in [0.2, 0.25) is 0 Å². The fraction of sp³-hybridized carbons (Fsp3) is 0.632. The molecule has 0 spiro atoms. The van der Waals surface area contributed by atoms with Gasteiger partial charge in [0.2, 0.25) is 0 Å². The molecule has 3 aliphatic carbocycles. The number of phenols is 1. The Hall–Kier alpha value is -1.59. The van der Waals surface area contributed by atoms with Gasteiger partial charge in [0.15, 0.2) is 11.5 Å². The summed E-state index contributed by atoms with van der Waals surface area (Å²) in [5.74, 6) is -0.262. The molecule has 0 radical (unpaired) electrons. The van der Waals surface area contributed by atoms with Gasteiger partial charge in [-0.25, -0.2) is 0 Å². The van der Waals surface area contributed by atoms with Crippen LogP contribution in [-0.4, -0.2) is 39.9 Å². The molecule has 24 heavy (non-hydrogen) atoms. The average Bonchev–Trinajstić information content (AvgIpc) is 2.53. The van der Waals surface area contributed by atoms with E-state index in [4.69, 9.17) is 4.74 Å². The van der Waals surface area contributed by atoms with Crippen molar-refractivity contribution in [3.8, 4) is 11.5 Å². The molecule has 2 saturated carbocycles. The Kier molecular flexibility index (Phi) is 3.29. The molecule has 5 nitrogen and oxygen atoms in total. The number of aromatic hydroxyl groups is 1. The van der Waals surface area contributed by atoms with Crippen LogP contribution in [0, 0.1) is 11.8 Å². The number of aliphatic hydroxyl groups excluding tert-OH is 1. The van der Waals surface area contributed by atoms with Crippen LogP contribution < -0.4 is 4.74 Å². The van der Waals surface area contributed by atoms with Crippen LogP contribution >= 0.6 is 0 Å². The number of fused-ring (bicyclic) bond motifs is 1. The minimum atomic E-state index is -1.38. The van der Waals surface area contributed by atoms with Crippen molar-refractivity contribution in [1.29, 1.82) is 0 Å². The molecule has 130 valence electrons. The summed E-state index contributed by atoms with van der Waals surface area (Å²) in [4.78, 5) is 12.6. The first kappa shape index (κ1) is 15.9. The molecule has 2 fully saturated rings. The molecule has 0 heterocycles. The predicted octanol–water partition coefficient (Wildman–Crippen LogP) is 1.70. The quantitative estimate of drug-likeness (QED) is 0.728. The summed E-state index contributed by atoms with van der Waals surface area (Å²) in [6.07, 6.45) is 1.76. The molecule has 0 aliphatic heterocycles. The van der Waals surface area contributed by atoms with Gasteiger partial charge in [-0.2, -0.15) is 0 Å². The highest BCUT2D eigenvalue weighted by Crippen LogP contribution is 2.64. The van der Waals surface area contributed by atoms with Crippen LogP contribution in [0.3, 0.4) is 0 Å². The van der Waals surface area contributed by atoms with Gasteiger partial charge >= 0.3 is 0 Å². The number of phenolic OH excluding ortho intramolecular Hbond substituents is 1. The second-order valence-corrected chi connectivity index (χ2v) is 7.65. The molecule has 3 N–H and O–H groups in total. The number of aliphatic hydroxyl groups is 2. The number of rotatable bonds is 1. The van der Waals surface area contributed by atoms with E-state index in [-0.39, 0.29) is 23.9 Å². The van der Waals surface area contributed by atoms with Crippen molar-refractivity contribution in [2.24, 2.45) is 11.8 Å². The third kappa shape index (κ3) is 1.60. The van der Waals surface area contributed by atoms with Gasteiger partial charge in [-0.15, -0.1) is 0 Å². The Balaban J connectivity index is 2.07.